The number of carbonyl (C=O) groups excluding carboxylic acids is 2. The van der Waals surface area contributed by atoms with Crippen molar-refractivity contribution in [2.24, 2.45) is 11.8 Å². The third-order valence-corrected chi connectivity index (χ3v) is 5.92. The van der Waals surface area contributed by atoms with Gasteiger partial charge in [0.15, 0.2) is 6.61 Å². The Balaban J connectivity index is 1.41. The molecular formula is C22H31NO4. The number of para-hydroxylation sites is 1. The first kappa shape index (κ1) is 19.7. The van der Waals surface area contributed by atoms with E-state index in [-0.39, 0.29) is 30.5 Å². The summed E-state index contributed by atoms with van der Waals surface area (Å²) in [5, 5.41) is 0. The van der Waals surface area contributed by atoms with E-state index in [1.165, 1.54) is 12.8 Å². The van der Waals surface area contributed by atoms with E-state index in [1.807, 2.05) is 30.3 Å². The van der Waals surface area contributed by atoms with Crippen LogP contribution in [0.15, 0.2) is 30.3 Å². The lowest BCUT2D eigenvalue weighted by Crippen LogP contribution is -2.43. The van der Waals surface area contributed by atoms with Crippen LogP contribution in [0.2, 0.25) is 0 Å². The molecule has 27 heavy (non-hydrogen) atoms. The van der Waals surface area contributed by atoms with E-state index < -0.39 is 0 Å². The lowest BCUT2D eigenvalue weighted by molar-refractivity contribution is -0.161. The topological polar surface area (TPSA) is 55.8 Å². The molecule has 0 N–H and O–H groups in total. The molecule has 3 rings (SSSR count). The minimum absolute atomic E-state index is 0.0241. The number of carbonyl (C=O) groups is 2. The van der Waals surface area contributed by atoms with Gasteiger partial charge in [0.2, 0.25) is 0 Å². The third-order valence-electron chi connectivity index (χ3n) is 5.92. The van der Waals surface area contributed by atoms with Crippen LogP contribution in [0.3, 0.4) is 0 Å². The Hall–Kier alpha value is -2.04. The maximum absolute atomic E-state index is 12.6. The van der Waals surface area contributed by atoms with E-state index in [2.05, 4.69) is 6.92 Å². The van der Waals surface area contributed by atoms with E-state index in [0.717, 1.165) is 19.3 Å². The van der Waals surface area contributed by atoms with Gasteiger partial charge in [-0.2, -0.15) is 0 Å². The number of hydrogen-bond donors (Lipinski definition) is 0. The average molecular weight is 373 g/mol. The van der Waals surface area contributed by atoms with Gasteiger partial charge in [0.25, 0.3) is 5.91 Å². The Morgan fingerprint density at radius 1 is 1.04 bits per heavy atom. The van der Waals surface area contributed by atoms with Crippen molar-refractivity contribution in [2.75, 3.05) is 19.7 Å². The van der Waals surface area contributed by atoms with E-state index >= 15 is 0 Å². The molecule has 5 nitrogen and oxygen atoms in total. The number of ether oxygens (including phenoxy) is 2. The van der Waals surface area contributed by atoms with Gasteiger partial charge in [0.05, 0.1) is 5.92 Å². The highest BCUT2D eigenvalue weighted by Crippen LogP contribution is 2.30. The molecule has 2 fully saturated rings. The molecule has 148 valence electrons. The van der Waals surface area contributed by atoms with Gasteiger partial charge in [-0.3, -0.25) is 9.59 Å². The largest absolute Gasteiger partial charge is 0.484 e. The number of benzene rings is 1. The highest BCUT2D eigenvalue weighted by atomic mass is 16.5. The number of rotatable bonds is 6. The van der Waals surface area contributed by atoms with Crippen LogP contribution in [0.5, 0.6) is 5.75 Å². The first-order valence-electron chi connectivity index (χ1n) is 10.3. The fourth-order valence-corrected chi connectivity index (χ4v) is 4.16. The minimum Gasteiger partial charge on any atom is -0.484 e. The highest BCUT2D eigenvalue weighted by Gasteiger charge is 2.32. The van der Waals surface area contributed by atoms with Crippen molar-refractivity contribution in [3.8, 4) is 5.75 Å². The van der Waals surface area contributed by atoms with Crippen molar-refractivity contribution in [3.05, 3.63) is 30.3 Å². The summed E-state index contributed by atoms with van der Waals surface area (Å²) < 4.78 is 11.4. The monoisotopic (exact) mass is 373 g/mol. The predicted molar refractivity (Wildman–Crippen MR) is 103 cm³/mol. The normalized spacial score (nSPS) is 23.7. The minimum atomic E-state index is -0.0801. The number of piperidine rings is 1. The summed E-state index contributed by atoms with van der Waals surface area (Å²) in [7, 11) is 0. The van der Waals surface area contributed by atoms with Crippen LogP contribution >= 0.6 is 0 Å². The van der Waals surface area contributed by atoms with Crippen LogP contribution in [-0.2, 0) is 14.3 Å². The van der Waals surface area contributed by atoms with Gasteiger partial charge in [0.1, 0.15) is 11.9 Å². The Labute approximate surface area is 162 Å². The summed E-state index contributed by atoms with van der Waals surface area (Å²) in [5.41, 5.74) is 0. The molecule has 1 aromatic rings. The standard InChI is InChI=1S/C22H31NO4/c1-2-17-8-6-7-11-20(17)27-22(25)18-12-14-23(15-13-18)21(24)16-26-19-9-4-3-5-10-19/h3-5,9-10,17-18,20H,2,6-8,11-16H2,1H3. The van der Waals surface area contributed by atoms with Crippen molar-refractivity contribution in [2.45, 2.75) is 58.0 Å². The van der Waals surface area contributed by atoms with Gasteiger partial charge in [-0.1, -0.05) is 31.5 Å². The highest BCUT2D eigenvalue weighted by molar-refractivity contribution is 5.78. The molecule has 0 spiro atoms. The zero-order valence-electron chi connectivity index (χ0n) is 16.3. The van der Waals surface area contributed by atoms with E-state index in [1.54, 1.807) is 4.90 Å². The molecule has 1 saturated carbocycles. The van der Waals surface area contributed by atoms with Gasteiger partial charge in [-0.25, -0.2) is 0 Å². The van der Waals surface area contributed by atoms with Crippen LogP contribution in [0.25, 0.3) is 0 Å². The van der Waals surface area contributed by atoms with E-state index in [0.29, 0.717) is 37.6 Å². The summed E-state index contributed by atoms with van der Waals surface area (Å²) in [6, 6.07) is 9.35. The maximum Gasteiger partial charge on any atom is 0.309 e. The Morgan fingerprint density at radius 2 is 1.74 bits per heavy atom. The average Bonchev–Trinajstić information content (AvgIpc) is 2.73. The molecule has 1 amide bonds. The van der Waals surface area contributed by atoms with Crippen LogP contribution in [-0.4, -0.2) is 42.6 Å². The van der Waals surface area contributed by atoms with Crippen molar-refractivity contribution in [3.63, 3.8) is 0 Å². The number of hydrogen-bond acceptors (Lipinski definition) is 4. The van der Waals surface area contributed by atoms with Crippen LogP contribution in [0.1, 0.15) is 51.9 Å². The summed E-state index contributed by atoms with van der Waals surface area (Å²) in [6.45, 7) is 3.41. The summed E-state index contributed by atoms with van der Waals surface area (Å²) in [5.74, 6) is 1.04. The van der Waals surface area contributed by atoms with Crippen molar-refractivity contribution < 1.29 is 19.1 Å². The smallest absolute Gasteiger partial charge is 0.309 e. The lowest BCUT2D eigenvalue weighted by Gasteiger charge is -2.34. The van der Waals surface area contributed by atoms with Crippen molar-refractivity contribution in [1.82, 2.24) is 4.90 Å². The first-order valence-corrected chi connectivity index (χ1v) is 10.3. The zero-order valence-corrected chi connectivity index (χ0v) is 16.3. The third kappa shape index (κ3) is 5.47. The molecule has 1 heterocycles. The molecular weight excluding hydrogens is 342 g/mol. The summed E-state index contributed by atoms with van der Waals surface area (Å²) in [4.78, 5) is 26.7. The van der Waals surface area contributed by atoms with Crippen molar-refractivity contribution in [1.29, 1.82) is 0 Å². The SMILES string of the molecule is CCC1CCCCC1OC(=O)C1CCN(C(=O)COc2ccccc2)CC1. The molecule has 5 heteroatoms. The van der Waals surface area contributed by atoms with Crippen molar-refractivity contribution >= 4 is 11.9 Å². The molecule has 2 atom stereocenters. The van der Waals surface area contributed by atoms with E-state index in [4.69, 9.17) is 9.47 Å². The number of esters is 1. The second-order valence-corrected chi connectivity index (χ2v) is 7.68. The summed E-state index contributed by atoms with van der Waals surface area (Å²) in [6.07, 6.45) is 7.10. The maximum atomic E-state index is 12.6. The molecule has 0 radical (unpaired) electrons. The van der Waals surface area contributed by atoms with Gasteiger partial charge in [0, 0.05) is 13.1 Å². The molecule has 1 aliphatic heterocycles. The molecule has 2 aliphatic rings. The number of amides is 1. The van der Waals surface area contributed by atoms with Crippen LogP contribution in [0, 0.1) is 11.8 Å². The molecule has 0 bridgehead atoms. The second-order valence-electron chi connectivity index (χ2n) is 7.68. The van der Waals surface area contributed by atoms with Gasteiger partial charge in [-0.15, -0.1) is 0 Å². The molecule has 1 aromatic carbocycles. The first-order chi connectivity index (χ1) is 13.2. The number of nitrogens with zero attached hydrogens (tertiary/aromatic N) is 1. The fraction of sp³-hybridized carbons (Fsp3) is 0.636. The van der Waals surface area contributed by atoms with Crippen LogP contribution < -0.4 is 4.74 Å². The van der Waals surface area contributed by atoms with Gasteiger partial charge < -0.3 is 14.4 Å². The molecule has 1 aliphatic carbocycles. The second kappa shape index (κ2) is 9.77. The summed E-state index contributed by atoms with van der Waals surface area (Å²) >= 11 is 0. The van der Waals surface area contributed by atoms with Gasteiger partial charge in [-0.05, 0) is 56.6 Å². The van der Waals surface area contributed by atoms with Crippen LogP contribution in [0.4, 0.5) is 0 Å². The number of likely N-dealkylation sites (tertiary alicyclic amines) is 1. The van der Waals surface area contributed by atoms with E-state index in [9.17, 15) is 9.59 Å². The predicted octanol–water partition coefficient (Wildman–Crippen LogP) is 3.82. The molecule has 1 saturated heterocycles. The Bertz CT molecular complexity index is 610. The molecule has 2 unspecified atom stereocenters. The fourth-order valence-electron chi connectivity index (χ4n) is 4.16. The molecule has 0 aromatic heterocycles. The Kier molecular flexibility index (Phi) is 7.13. The lowest BCUT2D eigenvalue weighted by atomic mass is 9.84. The Morgan fingerprint density at radius 3 is 2.44 bits per heavy atom. The van der Waals surface area contributed by atoms with Gasteiger partial charge >= 0.3 is 5.97 Å². The quantitative estimate of drug-likeness (QED) is 0.712. The zero-order chi connectivity index (χ0) is 19.1.